The second-order valence-electron chi connectivity index (χ2n) is 5.48. The van der Waals surface area contributed by atoms with Crippen LogP contribution in [0, 0.1) is 6.92 Å². The molecule has 2 aliphatic rings. The van der Waals surface area contributed by atoms with Crippen LogP contribution in [0.4, 0.5) is 0 Å². The van der Waals surface area contributed by atoms with Gasteiger partial charge in [0.1, 0.15) is 6.17 Å². The molecule has 3 rings (SSSR count). The van der Waals surface area contributed by atoms with Crippen molar-refractivity contribution in [2.45, 2.75) is 59.7 Å². The van der Waals surface area contributed by atoms with Crippen LogP contribution in [0.1, 0.15) is 63.4 Å². The normalized spacial score (nSPS) is 18.5. The number of hydrogen-bond donors (Lipinski definition) is 1. The minimum Gasteiger partial charge on any atom is -0.343 e. The van der Waals surface area contributed by atoms with Gasteiger partial charge in [-0.1, -0.05) is 45.9 Å². The molecule has 0 amide bonds. The van der Waals surface area contributed by atoms with E-state index in [9.17, 15) is 0 Å². The molecule has 3 nitrogen and oxygen atoms in total. The van der Waals surface area contributed by atoms with E-state index in [1.54, 1.807) is 0 Å². The predicted molar refractivity (Wildman–Crippen MR) is 102 cm³/mol. The van der Waals surface area contributed by atoms with Crippen LogP contribution in [0.3, 0.4) is 0 Å². The molecular weight excluding hydrogens is 282 g/mol. The van der Waals surface area contributed by atoms with Crippen molar-refractivity contribution in [3.05, 3.63) is 54.2 Å². The molecule has 1 saturated heterocycles. The predicted octanol–water partition coefficient (Wildman–Crippen LogP) is 5.07. The van der Waals surface area contributed by atoms with E-state index in [-0.39, 0.29) is 0 Å². The number of rotatable bonds is 3. The minimum atomic E-state index is 0.353. The topological polar surface area (TPSA) is 18.5 Å². The van der Waals surface area contributed by atoms with Gasteiger partial charge in [-0.3, -0.25) is 0 Å². The Kier molecular flexibility index (Phi) is 8.07. The summed E-state index contributed by atoms with van der Waals surface area (Å²) < 4.78 is 0. The lowest BCUT2D eigenvalue weighted by atomic mass is 9.95. The van der Waals surface area contributed by atoms with Gasteiger partial charge in [0.25, 0.3) is 0 Å². The summed E-state index contributed by atoms with van der Waals surface area (Å²) in [7, 11) is 0. The number of benzene rings is 1. The summed E-state index contributed by atoms with van der Waals surface area (Å²) in [5.41, 5.74) is 7.78. The van der Waals surface area contributed by atoms with Gasteiger partial charge in [-0.05, 0) is 37.0 Å². The summed E-state index contributed by atoms with van der Waals surface area (Å²) in [5.74, 6) is 0. The van der Waals surface area contributed by atoms with E-state index in [2.05, 4.69) is 79.7 Å². The summed E-state index contributed by atoms with van der Waals surface area (Å²) in [6.07, 6.45) is 7.17. The first kappa shape index (κ1) is 19.5. The molecule has 1 unspecified atom stereocenters. The largest absolute Gasteiger partial charge is 0.343 e. The van der Waals surface area contributed by atoms with Crippen molar-refractivity contribution in [2.24, 2.45) is 0 Å². The zero-order chi connectivity index (χ0) is 17.4. The number of hydrogen-bond acceptors (Lipinski definition) is 3. The van der Waals surface area contributed by atoms with E-state index in [1.165, 1.54) is 29.5 Å². The maximum absolute atomic E-state index is 3.58. The Labute approximate surface area is 142 Å². The zero-order valence-electron chi connectivity index (χ0n) is 15.5. The molecule has 0 spiro atoms. The maximum Gasteiger partial charge on any atom is 0.123 e. The summed E-state index contributed by atoms with van der Waals surface area (Å²) in [5, 5.41) is 2.45. The first-order chi connectivity index (χ1) is 11.3. The molecule has 1 N–H and O–H groups in total. The first-order valence-corrected chi connectivity index (χ1v) is 8.81. The standard InChI is InChI=1S/C16H23N3.C2H6.C2H4/c1-4-14(5-2)19-16-15-12(3)7-6-8-13(15)9-10-18(16)11-17-19;2*1-2/h6-10,14,16-17H,4-5,11H2,1-3H3;1-2H3;1-2H2. The fourth-order valence-electron chi connectivity index (χ4n) is 3.32. The molecule has 0 saturated carbocycles. The van der Waals surface area contributed by atoms with E-state index >= 15 is 0 Å². The average Bonchev–Trinajstić information content (AvgIpc) is 3.04. The van der Waals surface area contributed by atoms with Crippen LogP contribution in [0.25, 0.3) is 6.08 Å². The molecule has 1 fully saturated rings. The lowest BCUT2D eigenvalue weighted by Crippen LogP contribution is -2.42. The van der Waals surface area contributed by atoms with E-state index in [0.29, 0.717) is 12.2 Å². The van der Waals surface area contributed by atoms with Crippen molar-refractivity contribution in [3.8, 4) is 0 Å². The Morgan fingerprint density at radius 3 is 2.48 bits per heavy atom. The van der Waals surface area contributed by atoms with Crippen molar-refractivity contribution in [1.29, 1.82) is 0 Å². The van der Waals surface area contributed by atoms with E-state index in [1.807, 2.05) is 13.8 Å². The van der Waals surface area contributed by atoms with Gasteiger partial charge >= 0.3 is 0 Å². The highest BCUT2D eigenvalue weighted by atomic mass is 15.7. The molecule has 1 aromatic carbocycles. The quantitative estimate of drug-likeness (QED) is 0.785. The fourth-order valence-corrected chi connectivity index (χ4v) is 3.32. The van der Waals surface area contributed by atoms with Gasteiger partial charge in [0.2, 0.25) is 0 Å². The second-order valence-corrected chi connectivity index (χ2v) is 5.48. The van der Waals surface area contributed by atoms with Crippen LogP contribution in [0.5, 0.6) is 0 Å². The van der Waals surface area contributed by atoms with Crippen LogP contribution >= 0.6 is 0 Å². The molecule has 0 aromatic heterocycles. The maximum atomic E-state index is 3.58. The molecule has 0 aliphatic carbocycles. The molecule has 2 heterocycles. The molecule has 0 bridgehead atoms. The van der Waals surface area contributed by atoms with E-state index < -0.39 is 0 Å². The van der Waals surface area contributed by atoms with Gasteiger partial charge in [0, 0.05) is 17.8 Å². The van der Waals surface area contributed by atoms with Crippen LogP contribution in [0.15, 0.2) is 37.6 Å². The van der Waals surface area contributed by atoms with Crippen molar-refractivity contribution in [3.63, 3.8) is 0 Å². The SMILES string of the molecule is C=C.CC.CCC(CC)N1NCN2C=Cc3cccc(C)c3C21. The first-order valence-electron chi connectivity index (χ1n) is 8.81. The molecule has 128 valence electrons. The highest BCUT2D eigenvalue weighted by Gasteiger charge is 2.37. The molecule has 3 heteroatoms. The average molecular weight is 316 g/mol. The van der Waals surface area contributed by atoms with Crippen molar-refractivity contribution in [2.75, 3.05) is 6.67 Å². The van der Waals surface area contributed by atoms with E-state index in [4.69, 9.17) is 0 Å². The number of nitrogens with one attached hydrogen (secondary N) is 1. The Morgan fingerprint density at radius 2 is 1.87 bits per heavy atom. The Morgan fingerprint density at radius 1 is 1.22 bits per heavy atom. The van der Waals surface area contributed by atoms with Gasteiger partial charge in [0.15, 0.2) is 0 Å². The lowest BCUT2D eigenvalue weighted by Gasteiger charge is -2.37. The highest BCUT2D eigenvalue weighted by molar-refractivity contribution is 5.59. The Hall–Kier alpha value is -1.58. The third-order valence-corrected chi connectivity index (χ3v) is 4.41. The number of nitrogens with zero attached hydrogens (tertiary/aromatic N) is 2. The molecule has 1 aromatic rings. The number of hydrazine groups is 1. The van der Waals surface area contributed by atoms with Crippen molar-refractivity contribution in [1.82, 2.24) is 15.3 Å². The summed E-state index contributed by atoms with van der Waals surface area (Å²) >= 11 is 0. The monoisotopic (exact) mass is 315 g/mol. The third-order valence-electron chi connectivity index (χ3n) is 4.41. The van der Waals surface area contributed by atoms with Gasteiger partial charge in [-0.15, -0.1) is 13.2 Å². The smallest absolute Gasteiger partial charge is 0.123 e. The van der Waals surface area contributed by atoms with Gasteiger partial charge in [-0.2, -0.15) is 0 Å². The highest BCUT2D eigenvalue weighted by Crippen LogP contribution is 2.38. The van der Waals surface area contributed by atoms with Crippen molar-refractivity contribution >= 4 is 6.08 Å². The van der Waals surface area contributed by atoms with Crippen LogP contribution in [-0.2, 0) is 0 Å². The Balaban J connectivity index is 0.000000615. The zero-order valence-corrected chi connectivity index (χ0v) is 15.5. The summed E-state index contributed by atoms with van der Waals surface area (Å²) in [6, 6.07) is 7.19. The molecular formula is C20H33N3. The minimum absolute atomic E-state index is 0.353. The number of aryl methyl sites for hydroxylation is 1. The fraction of sp³-hybridized carbons (Fsp3) is 0.500. The molecule has 1 atom stereocenters. The second kappa shape index (κ2) is 9.53. The molecule has 0 radical (unpaired) electrons. The molecule has 23 heavy (non-hydrogen) atoms. The van der Waals surface area contributed by atoms with Crippen LogP contribution < -0.4 is 5.43 Å². The van der Waals surface area contributed by atoms with Gasteiger partial charge < -0.3 is 4.90 Å². The van der Waals surface area contributed by atoms with Gasteiger partial charge in [-0.25, -0.2) is 10.4 Å². The summed E-state index contributed by atoms with van der Waals surface area (Å²) in [4.78, 5) is 2.40. The lowest BCUT2D eigenvalue weighted by molar-refractivity contribution is 0.0803. The Bertz CT molecular complexity index is 506. The summed E-state index contributed by atoms with van der Waals surface area (Å²) in [6.45, 7) is 17.7. The van der Waals surface area contributed by atoms with Crippen molar-refractivity contribution < 1.29 is 0 Å². The van der Waals surface area contributed by atoms with Crippen LogP contribution in [0.2, 0.25) is 0 Å². The number of fused-ring (bicyclic) bond motifs is 3. The van der Waals surface area contributed by atoms with Gasteiger partial charge in [0.05, 0.1) is 6.67 Å². The third kappa shape index (κ3) is 3.85. The van der Waals surface area contributed by atoms with Crippen LogP contribution in [-0.4, -0.2) is 22.6 Å². The molecule has 2 aliphatic heterocycles. The van der Waals surface area contributed by atoms with E-state index in [0.717, 1.165) is 6.67 Å².